The third-order valence-corrected chi connectivity index (χ3v) is 4.47. The van der Waals surface area contributed by atoms with Crippen LogP contribution in [0.4, 0.5) is 0 Å². The zero-order valence-corrected chi connectivity index (χ0v) is 16.2. The van der Waals surface area contributed by atoms with Crippen LogP contribution in [0.15, 0.2) is 71.1 Å². The Labute approximate surface area is 173 Å². The van der Waals surface area contributed by atoms with E-state index in [-0.39, 0.29) is 0 Å². The predicted molar refractivity (Wildman–Crippen MR) is 114 cm³/mol. The Bertz CT molecular complexity index is 1210. The van der Waals surface area contributed by atoms with Crippen molar-refractivity contribution in [2.45, 2.75) is 0 Å². The van der Waals surface area contributed by atoms with Gasteiger partial charge >= 0.3 is 5.97 Å². The topological polar surface area (TPSA) is 81.8 Å². The van der Waals surface area contributed by atoms with Crippen LogP contribution in [0.3, 0.4) is 0 Å². The summed E-state index contributed by atoms with van der Waals surface area (Å²) < 4.78 is 16.3. The van der Waals surface area contributed by atoms with Gasteiger partial charge in [0.25, 0.3) is 0 Å². The van der Waals surface area contributed by atoms with E-state index in [0.717, 1.165) is 22.2 Å². The van der Waals surface area contributed by atoms with Gasteiger partial charge in [-0.1, -0.05) is 42.5 Å². The molecule has 3 aromatic carbocycles. The minimum absolute atomic E-state index is 0.368. The van der Waals surface area contributed by atoms with Gasteiger partial charge in [0.15, 0.2) is 23.7 Å². The maximum Gasteiger partial charge on any atom is 0.341 e. The molecule has 0 aliphatic carbocycles. The number of carboxylic acid groups (broad SMARTS) is 1. The zero-order valence-electron chi connectivity index (χ0n) is 16.2. The summed E-state index contributed by atoms with van der Waals surface area (Å²) in [6, 6.07) is 21.3. The molecule has 1 aromatic heterocycles. The van der Waals surface area contributed by atoms with E-state index < -0.39 is 12.6 Å². The van der Waals surface area contributed by atoms with Gasteiger partial charge in [0.1, 0.15) is 5.52 Å². The molecule has 0 unspecified atom stereocenters. The Morgan fingerprint density at radius 2 is 1.83 bits per heavy atom. The van der Waals surface area contributed by atoms with Gasteiger partial charge in [0, 0.05) is 6.08 Å². The van der Waals surface area contributed by atoms with Crippen molar-refractivity contribution in [3.05, 3.63) is 78.2 Å². The molecule has 0 aliphatic heterocycles. The first kappa shape index (κ1) is 19.3. The lowest BCUT2D eigenvalue weighted by Gasteiger charge is -2.09. The number of ether oxygens (including phenoxy) is 2. The number of hydrogen-bond acceptors (Lipinski definition) is 5. The summed E-state index contributed by atoms with van der Waals surface area (Å²) >= 11 is 0. The molecule has 0 bridgehead atoms. The third-order valence-electron chi connectivity index (χ3n) is 4.47. The van der Waals surface area contributed by atoms with Gasteiger partial charge in [-0.05, 0) is 47.0 Å². The van der Waals surface area contributed by atoms with Crippen molar-refractivity contribution in [2.75, 3.05) is 13.7 Å². The average molecular weight is 401 g/mol. The number of carbonyl (C=O) groups is 1. The molecule has 4 aromatic rings. The number of methoxy groups -OCH3 is 1. The fourth-order valence-electron chi connectivity index (χ4n) is 3.04. The van der Waals surface area contributed by atoms with E-state index in [2.05, 4.69) is 17.1 Å². The first-order chi connectivity index (χ1) is 14.6. The maximum atomic E-state index is 10.7. The molecule has 0 fully saturated rings. The molecular weight excluding hydrogens is 382 g/mol. The first-order valence-electron chi connectivity index (χ1n) is 9.29. The predicted octanol–water partition coefficient (Wildman–Crippen LogP) is 5.14. The molecular formula is C24H19NO5. The Morgan fingerprint density at radius 3 is 2.60 bits per heavy atom. The van der Waals surface area contributed by atoms with Gasteiger partial charge in [-0.2, -0.15) is 0 Å². The van der Waals surface area contributed by atoms with Crippen LogP contribution in [0.25, 0.3) is 34.4 Å². The smallest absolute Gasteiger partial charge is 0.341 e. The number of fused-ring (bicyclic) bond motifs is 1. The van der Waals surface area contributed by atoms with Crippen molar-refractivity contribution < 1.29 is 23.8 Å². The molecule has 0 saturated heterocycles. The highest BCUT2D eigenvalue weighted by Crippen LogP contribution is 2.29. The summed E-state index contributed by atoms with van der Waals surface area (Å²) in [4.78, 5) is 15.2. The molecule has 1 heterocycles. The normalized spacial score (nSPS) is 11.1. The zero-order chi connectivity index (χ0) is 20.9. The number of aliphatic carboxylic acids is 1. The molecule has 6 nitrogen and oxygen atoms in total. The molecule has 4 rings (SSSR count). The molecule has 0 radical (unpaired) electrons. The Hall–Kier alpha value is -4.06. The number of nitrogens with zero attached hydrogens (tertiary/aromatic N) is 1. The summed E-state index contributed by atoms with van der Waals surface area (Å²) in [6.07, 6.45) is 3.61. The van der Waals surface area contributed by atoms with E-state index in [1.165, 1.54) is 7.11 Å². The highest BCUT2D eigenvalue weighted by molar-refractivity contribution is 5.82. The van der Waals surface area contributed by atoms with Crippen molar-refractivity contribution in [1.29, 1.82) is 0 Å². The monoisotopic (exact) mass is 401 g/mol. The average Bonchev–Trinajstić information content (AvgIpc) is 3.19. The quantitative estimate of drug-likeness (QED) is 0.462. The number of aromatic nitrogens is 1. The minimum Gasteiger partial charge on any atom is -0.493 e. The number of rotatable bonds is 7. The molecule has 0 atom stereocenters. The third kappa shape index (κ3) is 4.33. The van der Waals surface area contributed by atoms with Gasteiger partial charge in [0.2, 0.25) is 5.89 Å². The van der Waals surface area contributed by atoms with Crippen molar-refractivity contribution in [2.24, 2.45) is 0 Å². The molecule has 0 amide bonds. The fraction of sp³-hybridized carbons (Fsp3) is 0.0833. The standard InChI is InChI=1S/C24H19NO5/c1-28-22-13-16(7-10-21(22)29-15-24(26)27)8-12-23-25-19-14-18(9-11-20(19)30-23)17-5-3-2-4-6-17/h2-14H,15H2,1H3,(H,26,27)/b12-8+. The second-order valence-electron chi connectivity index (χ2n) is 6.53. The van der Waals surface area contributed by atoms with Crippen LogP contribution in [-0.2, 0) is 4.79 Å². The summed E-state index contributed by atoms with van der Waals surface area (Å²) in [5.74, 6) is 0.253. The fourth-order valence-corrected chi connectivity index (χ4v) is 3.04. The Kier molecular flexibility index (Phi) is 5.48. The lowest BCUT2D eigenvalue weighted by Crippen LogP contribution is -2.10. The SMILES string of the molecule is COc1cc(/C=C/c2nc3cc(-c4ccccc4)ccc3o2)ccc1OCC(=O)O. The maximum absolute atomic E-state index is 10.7. The molecule has 0 spiro atoms. The van der Waals surface area contributed by atoms with E-state index in [1.807, 2.05) is 42.5 Å². The molecule has 30 heavy (non-hydrogen) atoms. The number of carboxylic acids is 1. The highest BCUT2D eigenvalue weighted by atomic mass is 16.5. The van der Waals surface area contributed by atoms with E-state index in [4.69, 9.17) is 19.0 Å². The van der Waals surface area contributed by atoms with Crippen molar-refractivity contribution in [3.63, 3.8) is 0 Å². The molecule has 0 aliphatic rings. The highest BCUT2D eigenvalue weighted by Gasteiger charge is 2.08. The van der Waals surface area contributed by atoms with E-state index in [9.17, 15) is 4.79 Å². The molecule has 1 N–H and O–H groups in total. The van der Waals surface area contributed by atoms with Crippen LogP contribution in [0.5, 0.6) is 11.5 Å². The Balaban J connectivity index is 1.55. The van der Waals surface area contributed by atoms with Crippen LogP contribution in [-0.4, -0.2) is 29.8 Å². The van der Waals surface area contributed by atoms with Crippen molar-refractivity contribution in [1.82, 2.24) is 4.98 Å². The van der Waals surface area contributed by atoms with Crippen molar-refractivity contribution in [3.8, 4) is 22.6 Å². The van der Waals surface area contributed by atoms with Crippen molar-refractivity contribution >= 4 is 29.2 Å². The largest absolute Gasteiger partial charge is 0.493 e. The van der Waals surface area contributed by atoms with Gasteiger partial charge in [-0.3, -0.25) is 0 Å². The lowest BCUT2D eigenvalue weighted by atomic mass is 10.1. The molecule has 0 saturated carbocycles. The van der Waals surface area contributed by atoms with Gasteiger partial charge in [0.05, 0.1) is 7.11 Å². The minimum atomic E-state index is -1.05. The van der Waals surface area contributed by atoms with Crippen LogP contribution >= 0.6 is 0 Å². The van der Waals surface area contributed by atoms with E-state index in [1.54, 1.807) is 24.3 Å². The van der Waals surface area contributed by atoms with E-state index in [0.29, 0.717) is 23.0 Å². The summed E-state index contributed by atoms with van der Waals surface area (Å²) in [6.45, 7) is -0.431. The van der Waals surface area contributed by atoms with Crippen LogP contribution in [0.1, 0.15) is 11.5 Å². The first-order valence-corrected chi connectivity index (χ1v) is 9.29. The van der Waals surface area contributed by atoms with Crippen LogP contribution < -0.4 is 9.47 Å². The summed E-state index contributed by atoms with van der Waals surface area (Å²) in [5.41, 5.74) is 4.53. The summed E-state index contributed by atoms with van der Waals surface area (Å²) in [5, 5.41) is 8.75. The molecule has 6 heteroatoms. The Morgan fingerprint density at radius 1 is 1.00 bits per heavy atom. The number of benzene rings is 3. The van der Waals surface area contributed by atoms with Crippen LogP contribution in [0, 0.1) is 0 Å². The van der Waals surface area contributed by atoms with E-state index >= 15 is 0 Å². The van der Waals surface area contributed by atoms with Crippen LogP contribution in [0.2, 0.25) is 0 Å². The lowest BCUT2D eigenvalue weighted by molar-refractivity contribution is -0.139. The summed E-state index contributed by atoms with van der Waals surface area (Å²) in [7, 11) is 1.50. The number of hydrogen-bond donors (Lipinski definition) is 1. The second kappa shape index (κ2) is 8.53. The van der Waals surface area contributed by atoms with Gasteiger partial charge in [-0.25, -0.2) is 9.78 Å². The second-order valence-corrected chi connectivity index (χ2v) is 6.53. The number of oxazole rings is 1. The van der Waals surface area contributed by atoms with Gasteiger partial charge in [-0.15, -0.1) is 0 Å². The molecule has 150 valence electrons. The van der Waals surface area contributed by atoms with Gasteiger partial charge < -0.3 is 19.0 Å².